The van der Waals surface area contributed by atoms with Gasteiger partial charge in [-0.1, -0.05) is 53.6 Å². The summed E-state index contributed by atoms with van der Waals surface area (Å²) >= 11 is 0. The number of nitro benzene ring substituents is 1. The van der Waals surface area contributed by atoms with Crippen molar-refractivity contribution >= 4 is 27.2 Å². The highest BCUT2D eigenvalue weighted by atomic mass is 32.2. The van der Waals surface area contributed by atoms with Gasteiger partial charge in [-0.2, -0.15) is 8.42 Å². The molecule has 3 aromatic carbocycles. The Bertz CT molecular complexity index is 1170. The number of nitrogens with zero attached hydrogens (tertiary/aromatic N) is 2. The Hall–Kier alpha value is -3.52. The molecule has 148 valence electrons. The first-order valence-corrected chi connectivity index (χ1v) is 10.2. The predicted molar refractivity (Wildman–Crippen MR) is 113 cm³/mol. The lowest BCUT2D eigenvalue weighted by molar-refractivity contribution is -0.385. The number of anilines is 1. The molecule has 0 fully saturated rings. The van der Waals surface area contributed by atoms with Crippen molar-refractivity contribution in [3.8, 4) is 0 Å². The van der Waals surface area contributed by atoms with Gasteiger partial charge in [-0.3, -0.25) is 10.1 Å². The molecule has 1 N–H and O–H groups in total. The van der Waals surface area contributed by atoms with Crippen molar-refractivity contribution in [3.63, 3.8) is 0 Å². The van der Waals surface area contributed by atoms with E-state index < -0.39 is 14.9 Å². The van der Waals surface area contributed by atoms with E-state index in [1.807, 2.05) is 50.2 Å². The summed E-state index contributed by atoms with van der Waals surface area (Å²) in [6.45, 7) is 3.87. The molecule has 0 atom stereocenters. The van der Waals surface area contributed by atoms with E-state index in [1.54, 1.807) is 12.1 Å². The molecule has 0 aliphatic heterocycles. The highest BCUT2D eigenvalue weighted by molar-refractivity contribution is 7.90. The number of benzene rings is 3. The lowest BCUT2D eigenvalue weighted by Gasteiger charge is -2.11. The van der Waals surface area contributed by atoms with Crippen molar-refractivity contribution in [2.45, 2.75) is 18.7 Å². The zero-order valence-corrected chi connectivity index (χ0v) is 16.7. The fourth-order valence-corrected chi connectivity index (χ4v) is 3.58. The smallest absolute Gasteiger partial charge is 0.284 e. The maximum atomic E-state index is 12.9. The molecule has 29 heavy (non-hydrogen) atoms. The number of hydrogen-bond acceptors (Lipinski definition) is 4. The molecule has 7 nitrogen and oxygen atoms in total. The van der Waals surface area contributed by atoms with Gasteiger partial charge in [0.2, 0.25) is 0 Å². The van der Waals surface area contributed by atoms with Gasteiger partial charge in [-0.25, -0.2) is 0 Å². The summed E-state index contributed by atoms with van der Waals surface area (Å²) in [5.41, 5.74) is 3.01. The van der Waals surface area contributed by atoms with Crippen molar-refractivity contribution in [3.05, 3.63) is 99.6 Å². The first-order chi connectivity index (χ1) is 13.7. The van der Waals surface area contributed by atoms with Crippen LogP contribution < -0.4 is 5.32 Å². The number of aryl methyl sites for hydroxylation is 2. The summed E-state index contributed by atoms with van der Waals surface area (Å²) in [4.78, 5) is 10.1. The Morgan fingerprint density at radius 1 is 0.931 bits per heavy atom. The van der Waals surface area contributed by atoms with Crippen LogP contribution >= 0.6 is 0 Å². The minimum Gasteiger partial charge on any atom is -0.339 e. The molecule has 0 aliphatic rings. The van der Waals surface area contributed by atoms with Crippen LogP contribution in [-0.2, 0) is 10.0 Å². The van der Waals surface area contributed by atoms with Crippen LogP contribution in [0.5, 0.6) is 0 Å². The second-order valence-corrected chi connectivity index (χ2v) is 8.13. The number of amidine groups is 1. The predicted octanol–water partition coefficient (Wildman–Crippen LogP) is 4.46. The van der Waals surface area contributed by atoms with Crippen LogP contribution in [0, 0.1) is 24.0 Å². The zero-order valence-electron chi connectivity index (χ0n) is 15.9. The normalized spacial score (nSPS) is 11.9. The first-order valence-electron chi connectivity index (χ1n) is 8.75. The van der Waals surface area contributed by atoms with E-state index in [4.69, 9.17) is 0 Å². The molecular weight excluding hydrogens is 390 g/mol. The van der Waals surface area contributed by atoms with E-state index >= 15 is 0 Å². The van der Waals surface area contributed by atoms with Crippen LogP contribution in [0.2, 0.25) is 0 Å². The van der Waals surface area contributed by atoms with Crippen LogP contribution in [-0.4, -0.2) is 19.2 Å². The first kappa shape index (κ1) is 20.2. The van der Waals surface area contributed by atoms with Gasteiger partial charge in [0.15, 0.2) is 5.84 Å². The monoisotopic (exact) mass is 409 g/mol. The second-order valence-electron chi connectivity index (χ2n) is 6.53. The van der Waals surface area contributed by atoms with Crippen LogP contribution in [0.3, 0.4) is 0 Å². The summed E-state index contributed by atoms with van der Waals surface area (Å²) in [6.07, 6.45) is 0. The number of non-ortho nitro benzene ring substituents is 1. The highest BCUT2D eigenvalue weighted by Crippen LogP contribution is 2.21. The van der Waals surface area contributed by atoms with E-state index in [-0.39, 0.29) is 16.4 Å². The molecular formula is C21H19N3O4S. The highest BCUT2D eigenvalue weighted by Gasteiger charge is 2.19. The molecule has 0 bridgehead atoms. The summed E-state index contributed by atoms with van der Waals surface area (Å²) in [6, 6.07) is 19.5. The van der Waals surface area contributed by atoms with Crippen molar-refractivity contribution in [1.82, 2.24) is 0 Å². The fourth-order valence-electron chi connectivity index (χ4n) is 2.56. The van der Waals surface area contributed by atoms with Crippen LogP contribution in [0.25, 0.3) is 0 Å². The summed E-state index contributed by atoms with van der Waals surface area (Å²) < 4.78 is 29.7. The third-order valence-electron chi connectivity index (χ3n) is 4.18. The van der Waals surface area contributed by atoms with E-state index in [1.165, 1.54) is 18.2 Å². The van der Waals surface area contributed by atoms with Crippen molar-refractivity contribution in [1.29, 1.82) is 0 Å². The Kier molecular flexibility index (Phi) is 5.74. The molecule has 0 amide bonds. The van der Waals surface area contributed by atoms with Crippen molar-refractivity contribution in [2.75, 3.05) is 5.32 Å². The van der Waals surface area contributed by atoms with Gasteiger partial charge in [0.25, 0.3) is 15.7 Å². The average molecular weight is 409 g/mol. The average Bonchev–Trinajstić information content (AvgIpc) is 2.69. The maximum absolute atomic E-state index is 12.9. The lowest BCUT2D eigenvalue weighted by Crippen LogP contribution is -2.16. The second kappa shape index (κ2) is 8.24. The fraction of sp³-hybridized carbons (Fsp3) is 0.0952. The molecule has 0 spiro atoms. The molecule has 0 unspecified atom stereocenters. The van der Waals surface area contributed by atoms with E-state index in [9.17, 15) is 18.5 Å². The topological polar surface area (TPSA) is 102 Å². The lowest BCUT2D eigenvalue weighted by atomic mass is 10.1. The van der Waals surface area contributed by atoms with Gasteiger partial charge in [0, 0.05) is 23.4 Å². The molecule has 0 saturated carbocycles. The third-order valence-corrected chi connectivity index (χ3v) is 5.45. The molecule has 8 heteroatoms. The maximum Gasteiger partial charge on any atom is 0.284 e. The molecule has 0 saturated heterocycles. The van der Waals surface area contributed by atoms with E-state index in [0.29, 0.717) is 11.3 Å². The van der Waals surface area contributed by atoms with Gasteiger partial charge < -0.3 is 5.32 Å². The Balaban J connectivity index is 2.07. The summed E-state index contributed by atoms with van der Waals surface area (Å²) in [7, 11) is -4.18. The molecule has 0 radical (unpaired) electrons. The Morgan fingerprint density at radius 2 is 1.52 bits per heavy atom. The number of nitro groups is 1. The minimum absolute atomic E-state index is 0.125. The van der Waals surface area contributed by atoms with Crippen molar-refractivity contribution < 1.29 is 13.3 Å². The van der Waals surface area contributed by atoms with Gasteiger partial charge in [0.05, 0.1) is 9.82 Å². The summed E-state index contributed by atoms with van der Waals surface area (Å²) in [5, 5.41) is 14.0. The van der Waals surface area contributed by atoms with Gasteiger partial charge in [0.1, 0.15) is 0 Å². The van der Waals surface area contributed by atoms with E-state index in [0.717, 1.165) is 17.2 Å². The number of nitrogens with one attached hydrogen (secondary N) is 1. The van der Waals surface area contributed by atoms with Gasteiger partial charge >= 0.3 is 0 Å². The van der Waals surface area contributed by atoms with Crippen LogP contribution in [0.4, 0.5) is 11.4 Å². The molecule has 3 aromatic rings. The molecule has 0 heterocycles. The van der Waals surface area contributed by atoms with E-state index in [2.05, 4.69) is 9.71 Å². The number of hydrogen-bond donors (Lipinski definition) is 1. The molecule has 0 aromatic heterocycles. The summed E-state index contributed by atoms with van der Waals surface area (Å²) in [5.74, 6) is 0.125. The Labute approximate surface area is 168 Å². The SMILES string of the molecule is Cc1ccc(NC(=NS(=O)(=O)c2cccc([N+](=O)[O-])c2)c2ccc(C)cc2)cc1. The van der Waals surface area contributed by atoms with Gasteiger partial charge in [-0.15, -0.1) is 4.40 Å². The van der Waals surface area contributed by atoms with Crippen LogP contribution in [0.1, 0.15) is 16.7 Å². The Morgan fingerprint density at radius 3 is 2.10 bits per heavy atom. The molecule has 3 rings (SSSR count). The zero-order chi connectivity index (χ0) is 21.0. The number of sulfonamides is 1. The third kappa shape index (κ3) is 5.05. The van der Waals surface area contributed by atoms with Crippen molar-refractivity contribution in [2.24, 2.45) is 4.40 Å². The standard InChI is InChI=1S/C21H19N3O4S/c1-15-6-10-17(11-7-15)21(22-18-12-8-16(2)9-13-18)23-29(27,28)20-5-3-4-19(14-20)24(25)26/h3-14H,1-2H3,(H,22,23). The quantitative estimate of drug-likeness (QED) is 0.290. The number of rotatable bonds is 5. The molecule has 0 aliphatic carbocycles. The largest absolute Gasteiger partial charge is 0.339 e. The minimum atomic E-state index is -4.18. The van der Waals surface area contributed by atoms with Crippen LogP contribution in [0.15, 0.2) is 82.1 Å². The van der Waals surface area contributed by atoms with Gasteiger partial charge in [-0.05, 0) is 32.0 Å².